The normalized spacial score (nSPS) is 15.3. The van der Waals surface area contributed by atoms with E-state index >= 15 is 0 Å². The first-order chi connectivity index (χ1) is 7.25. The van der Waals surface area contributed by atoms with Crippen LogP contribution in [0.4, 0.5) is 10.3 Å². The molecule has 1 fully saturated rings. The van der Waals surface area contributed by atoms with E-state index in [0.29, 0.717) is 12.0 Å². The van der Waals surface area contributed by atoms with Crippen LogP contribution in [0.2, 0.25) is 0 Å². The van der Waals surface area contributed by atoms with Crippen molar-refractivity contribution in [3.8, 4) is 0 Å². The summed E-state index contributed by atoms with van der Waals surface area (Å²) in [6.45, 7) is 1.75. The van der Waals surface area contributed by atoms with Crippen LogP contribution in [0.1, 0.15) is 12.8 Å². The van der Waals surface area contributed by atoms with Gasteiger partial charge < -0.3 is 10.2 Å². The van der Waals surface area contributed by atoms with E-state index in [9.17, 15) is 4.39 Å². The molecule has 82 valence electrons. The fourth-order valence-electron chi connectivity index (χ4n) is 1.33. The van der Waals surface area contributed by atoms with Crippen molar-refractivity contribution < 1.29 is 4.39 Å². The van der Waals surface area contributed by atoms with Gasteiger partial charge in [0.2, 0.25) is 5.95 Å². The first-order valence-corrected chi connectivity index (χ1v) is 5.18. The fourth-order valence-corrected chi connectivity index (χ4v) is 1.33. The first kappa shape index (κ1) is 10.3. The second kappa shape index (κ2) is 4.53. The second-order valence-electron chi connectivity index (χ2n) is 3.85. The van der Waals surface area contributed by atoms with Gasteiger partial charge >= 0.3 is 0 Å². The number of halogens is 1. The second-order valence-corrected chi connectivity index (χ2v) is 3.85. The van der Waals surface area contributed by atoms with E-state index in [1.54, 1.807) is 0 Å². The largest absolute Gasteiger partial charge is 0.343 e. The Labute approximate surface area is 88.5 Å². The number of nitrogens with one attached hydrogen (secondary N) is 1. The number of anilines is 1. The summed E-state index contributed by atoms with van der Waals surface area (Å²) in [7, 11) is 1.90. The molecule has 0 spiro atoms. The molecule has 0 saturated heterocycles. The van der Waals surface area contributed by atoms with E-state index in [1.165, 1.54) is 25.2 Å². The molecule has 5 heteroatoms. The van der Waals surface area contributed by atoms with Gasteiger partial charge in [0.15, 0.2) is 5.82 Å². The maximum atomic E-state index is 12.6. The minimum atomic E-state index is -0.400. The zero-order valence-corrected chi connectivity index (χ0v) is 8.78. The highest BCUT2D eigenvalue weighted by atomic mass is 19.1. The molecule has 0 atom stereocenters. The van der Waals surface area contributed by atoms with Crippen molar-refractivity contribution in [3.05, 3.63) is 18.2 Å². The van der Waals surface area contributed by atoms with Crippen LogP contribution in [0, 0.1) is 5.82 Å². The number of likely N-dealkylation sites (N-methyl/N-ethyl adjacent to an activating group) is 1. The number of aromatic nitrogens is 2. The van der Waals surface area contributed by atoms with Crippen molar-refractivity contribution in [2.75, 3.05) is 25.0 Å². The van der Waals surface area contributed by atoms with Gasteiger partial charge in [-0.15, -0.1) is 0 Å². The Morgan fingerprint density at radius 3 is 2.73 bits per heavy atom. The van der Waals surface area contributed by atoms with Crippen molar-refractivity contribution in [1.82, 2.24) is 15.3 Å². The SMILES string of the molecule is CN(CCNC1CC1)c1ncc(F)cn1. The standard InChI is InChI=1S/C10H15FN4/c1-15(5-4-12-9-2-3-9)10-13-6-8(11)7-14-10/h6-7,9,12H,2-5H2,1H3. The van der Waals surface area contributed by atoms with E-state index in [1.807, 2.05) is 11.9 Å². The quantitative estimate of drug-likeness (QED) is 0.780. The molecule has 0 aliphatic heterocycles. The Balaban J connectivity index is 1.78. The molecule has 0 aromatic carbocycles. The first-order valence-electron chi connectivity index (χ1n) is 5.18. The van der Waals surface area contributed by atoms with E-state index in [-0.39, 0.29) is 0 Å². The lowest BCUT2D eigenvalue weighted by atomic mass is 10.5. The van der Waals surface area contributed by atoms with Gasteiger partial charge in [-0.2, -0.15) is 0 Å². The Morgan fingerprint density at radius 2 is 2.13 bits per heavy atom. The summed E-state index contributed by atoms with van der Waals surface area (Å²) >= 11 is 0. The van der Waals surface area contributed by atoms with E-state index in [4.69, 9.17) is 0 Å². The third-order valence-electron chi connectivity index (χ3n) is 2.41. The van der Waals surface area contributed by atoms with Crippen LogP contribution >= 0.6 is 0 Å². The van der Waals surface area contributed by atoms with Crippen molar-refractivity contribution in [2.24, 2.45) is 0 Å². The summed E-state index contributed by atoms with van der Waals surface area (Å²) < 4.78 is 12.6. The molecule has 0 amide bonds. The molecule has 0 unspecified atom stereocenters. The number of hydrogen-bond donors (Lipinski definition) is 1. The molecule has 1 aromatic heterocycles. The Bertz CT molecular complexity index is 310. The van der Waals surface area contributed by atoms with Gasteiger partial charge in [-0.05, 0) is 12.8 Å². The van der Waals surface area contributed by atoms with Crippen molar-refractivity contribution in [2.45, 2.75) is 18.9 Å². The van der Waals surface area contributed by atoms with Crippen LogP contribution in [0.15, 0.2) is 12.4 Å². The zero-order chi connectivity index (χ0) is 10.7. The molecular formula is C10H15FN4. The summed E-state index contributed by atoms with van der Waals surface area (Å²) in [6.07, 6.45) is 4.95. The Hall–Kier alpha value is -1.23. The maximum Gasteiger partial charge on any atom is 0.225 e. The minimum absolute atomic E-state index is 0.400. The topological polar surface area (TPSA) is 41.0 Å². The number of hydrogen-bond acceptors (Lipinski definition) is 4. The molecule has 15 heavy (non-hydrogen) atoms. The van der Waals surface area contributed by atoms with Crippen LogP contribution in [0.25, 0.3) is 0 Å². The van der Waals surface area contributed by atoms with Crippen molar-refractivity contribution in [1.29, 1.82) is 0 Å². The molecule has 4 nitrogen and oxygen atoms in total. The summed E-state index contributed by atoms with van der Waals surface area (Å²) in [5.74, 6) is 0.164. The zero-order valence-electron chi connectivity index (χ0n) is 8.78. The van der Waals surface area contributed by atoms with E-state index in [0.717, 1.165) is 13.1 Å². The summed E-state index contributed by atoms with van der Waals surface area (Å²) in [6, 6.07) is 0.715. The van der Waals surface area contributed by atoms with Crippen LogP contribution in [-0.2, 0) is 0 Å². The van der Waals surface area contributed by atoms with Crippen LogP contribution in [-0.4, -0.2) is 36.1 Å². The molecule has 1 aliphatic carbocycles. The van der Waals surface area contributed by atoms with Crippen LogP contribution in [0.3, 0.4) is 0 Å². The van der Waals surface area contributed by atoms with Crippen molar-refractivity contribution >= 4 is 5.95 Å². The van der Waals surface area contributed by atoms with Crippen LogP contribution < -0.4 is 10.2 Å². The monoisotopic (exact) mass is 210 g/mol. The van der Waals surface area contributed by atoms with Crippen LogP contribution in [0.5, 0.6) is 0 Å². The molecule has 2 rings (SSSR count). The highest BCUT2D eigenvalue weighted by Crippen LogP contribution is 2.18. The summed E-state index contributed by atoms with van der Waals surface area (Å²) in [5.41, 5.74) is 0. The molecule has 0 radical (unpaired) electrons. The lowest BCUT2D eigenvalue weighted by molar-refractivity contribution is 0.610. The predicted octanol–water partition coefficient (Wildman–Crippen LogP) is 0.804. The van der Waals surface area contributed by atoms with E-state index in [2.05, 4.69) is 15.3 Å². The predicted molar refractivity (Wildman–Crippen MR) is 56.3 cm³/mol. The Morgan fingerprint density at radius 1 is 1.47 bits per heavy atom. The highest BCUT2D eigenvalue weighted by molar-refractivity contribution is 5.26. The number of nitrogens with zero attached hydrogens (tertiary/aromatic N) is 3. The number of rotatable bonds is 5. The lowest BCUT2D eigenvalue weighted by Gasteiger charge is -2.16. The van der Waals surface area contributed by atoms with Crippen molar-refractivity contribution in [3.63, 3.8) is 0 Å². The van der Waals surface area contributed by atoms with Gasteiger partial charge in [-0.25, -0.2) is 14.4 Å². The lowest BCUT2D eigenvalue weighted by Crippen LogP contribution is -2.31. The summed E-state index contributed by atoms with van der Waals surface area (Å²) in [4.78, 5) is 9.72. The van der Waals surface area contributed by atoms with Gasteiger partial charge in [0.1, 0.15) is 0 Å². The molecule has 1 aliphatic rings. The molecule has 1 saturated carbocycles. The third-order valence-corrected chi connectivity index (χ3v) is 2.41. The van der Waals surface area contributed by atoms with Gasteiger partial charge in [0.05, 0.1) is 12.4 Å². The third kappa shape index (κ3) is 3.13. The van der Waals surface area contributed by atoms with Gasteiger partial charge in [0, 0.05) is 26.2 Å². The van der Waals surface area contributed by atoms with Gasteiger partial charge in [0.25, 0.3) is 0 Å². The summed E-state index contributed by atoms with van der Waals surface area (Å²) in [5, 5.41) is 3.40. The molecular weight excluding hydrogens is 195 g/mol. The molecule has 1 aromatic rings. The van der Waals surface area contributed by atoms with Gasteiger partial charge in [-0.1, -0.05) is 0 Å². The van der Waals surface area contributed by atoms with Gasteiger partial charge in [-0.3, -0.25) is 0 Å². The maximum absolute atomic E-state index is 12.6. The molecule has 1 N–H and O–H groups in total. The highest BCUT2D eigenvalue weighted by Gasteiger charge is 2.19. The van der Waals surface area contributed by atoms with E-state index < -0.39 is 5.82 Å². The molecule has 1 heterocycles. The minimum Gasteiger partial charge on any atom is -0.343 e. The average molecular weight is 210 g/mol. The smallest absolute Gasteiger partial charge is 0.225 e. The molecule has 0 bridgehead atoms. The Kier molecular flexibility index (Phi) is 3.11. The fraction of sp³-hybridized carbons (Fsp3) is 0.600. The average Bonchev–Trinajstić information content (AvgIpc) is 3.02.